The summed E-state index contributed by atoms with van der Waals surface area (Å²) in [5.74, 6) is 0.507. The first-order chi connectivity index (χ1) is 12.6. The SMILES string of the molecule is Oc1ccc2c(c1)C(Cl)C[NH+](Cc1ccccc1)C2c1ccccc1O.[Cl-]. The molecule has 27 heavy (non-hydrogen) atoms. The zero-order valence-electron chi connectivity index (χ0n) is 14.6. The van der Waals surface area contributed by atoms with Gasteiger partial charge in [0.1, 0.15) is 29.5 Å². The number of phenols is 2. The van der Waals surface area contributed by atoms with E-state index in [1.807, 2.05) is 42.5 Å². The Bertz CT molecular complexity index is 917. The van der Waals surface area contributed by atoms with E-state index in [0.29, 0.717) is 6.54 Å². The average molecular weight is 402 g/mol. The van der Waals surface area contributed by atoms with Gasteiger partial charge in [0.05, 0.1) is 12.1 Å². The topological polar surface area (TPSA) is 44.9 Å². The van der Waals surface area contributed by atoms with Gasteiger partial charge < -0.3 is 27.5 Å². The second kappa shape index (κ2) is 8.22. The third-order valence-electron chi connectivity index (χ3n) is 5.09. The zero-order chi connectivity index (χ0) is 18.1. The monoisotopic (exact) mass is 401 g/mol. The first-order valence-electron chi connectivity index (χ1n) is 8.77. The Morgan fingerprint density at radius 3 is 2.30 bits per heavy atom. The molecule has 3 atom stereocenters. The number of benzene rings is 3. The van der Waals surface area contributed by atoms with Crippen LogP contribution in [0, 0.1) is 0 Å². The summed E-state index contributed by atoms with van der Waals surface area (Å²) in [6, 6.07) is 23.1. The minimum absolute atomic E-state index is 0. The Balaban J connectivity index is 0.00000210. The summed E-state index contributed by atoms with van der Waals surface area (Å²) in [7, 11) is 0. The fourth-order valence-electron chi connectivity index (χ4n) is 3.93. The molecule has 3 aromatic carbocycles. The highest BCUT2D eigenvalue weighted by atomic mass is 35.5. The second-order valence-electron chi connectivity index (χ2n) is 6.80. The number of rotatable bonds is 3. The molecule has 1 aliphatic rings. The molecule has 3 aromatic rings. The molecule has 0 bridgehead atoms. The van der Waals surface area contributed by atoms with Crippen molar-refractivity contribution in [2.24, 2.45) is 0 Å². The number of nitrogens with one attached hydrogen (secondary N) is 1. The average Bonchev–Trinajstić information content (AvgIpc) is 2.64. The van der Waals surface area contributed by atoms with Crippen LogP contribution in [0.25, 0.3) is 0 Å². The maximum absolute atomic E-state index is 10.5. The van der Waals surface area contributed by atoms with Gasteiger partial charge in [0.15, 0.2) is 0 Å². The van der Waals surface area contributed by atoms with Crippen molar-refractivity contribution in [2.75, 3.05) is 6.54 Å². The Labute approximate surface area is 170 Å². The molecule has 140 valence electrons. The molecule has 0 amide bonds. The molecular formula is C22H21Cl2NO2. The van der Waals surface area contributed by atoms with E-state index in [1.165, 1.54) is 10.5 Å². The van der Waals surface area contributed by atoms with Crippen molar-refractivity contribution in [1.29, 1.82) is 0 Å². The highest BCUT2D eigenvalue weighted by molar-refractivity contribution is 6.21. The highest BCUT2D eigenvalue weighted by Crippen LogP contribution is 2.37. The molecule has 4 rings (SSSR count). The van der Waals surface area contributed by atoms with Crippen molar-refractivity contribution in [1.82, 2.24) is 0 Å². The number of alkyl halides is 1. The summed E-state index contributed by atoms with van der Waals surface area (Å²) in [5, 5.41) is 20.2. The summed E-state index contributed by atoms with van der Waals surface area (Å²) in [6.07, 6.45) is 0. The molecule has 3 N–H and O–H groups in total. The van der Waals surface area contributed by atoms with Gasteiger partial charge >= 0.3 is 0 Å². The fourth-order valence-corrected chi connectivity index (χ4v) is 4.31. The molecule has 0 radical (unpaired) electrons. The first-order valence-corrected chi connectivity index (χ1v) is 9.20. The number of hydrogen-bond donors (Lipinski definition) is 3. The molecule has 1 heterocycles. The number of halogens is 2. The minimum atomic E-state index is -0.182. The number of hydrogen-bond acceptors (Lipinski definition) is 2. The highest BCUT2D eigenvalue weighted by Gasteiger charge is 2.38. The minimum Gasteiger partial charge on any atom is -1.00 e. The van der Waals surface area contributed by atoms with E-state index in [2.05, 4.69) is 12.1 Å². The molecule has 0 saturated carbocycles. The quantitative estimate of drug-likeness (QED) is 0.561. The molecule has 0 saturated heterocycles. The Kier molecular flexibility index (Phi) is 5.95. The largest absolute Gasteiger partial charge is 1.00 e. The molecule has 5 heteroatoms. The van der Waals surface area contributed by atoms with Gasteiger partial charge in [-0.25, -0.2) is 0 Å². The van der Waals surface area contributed by atoms with Gasteiger partial charge in [0, 0.05) is 11.1 Å². The maximum Gasteiger partial charge on any atom is 0.143 e. The van der Waals surface area contributed by atoms with Gasteiger partial charge in [-0.2, -0.15) is 0 Å². The number of aromatic hydroxyl groups is 2. The lowest BCUT2D eigenvalue weighted by molar-refractivity contribution is -0.941. The second-order valence-corrected chi connectivity index (χ2v) is 7.32. The van der Waals surface area contributed by atoms with Crippen LogP contribution in [0.4, 0.5) is 0 Å². The van der Waals surface area contributed by atoms with Crippen molar-refractivity contribution in [3.63, 3.8) is 0 Å². The number of para-hydroxylation sites is 1. The van der Waals surface area contributed by atoms with Crippen molar-refractivity contribution < 1.29 is 27.5 Å². The van der Waals surface area contributed by atoms with E-state index in [9.17, 15) is 10.2 Å². The van der Waals surface area contributed by atoms with Crippen LogP contribution in [-0.4, -0.2) is 16.8 Å². The van der Waals surface area contributed by atoms with Gasteiger partial charge in [-0.1, -0.05) is 42.5 Å². The van der Waals surface area contributed by atoms with Crippen LogP contribution in [0.1, 0.15) is 33.7 Å². The van der Waals surface area contributed by atoms with Gasteiger partial charge in [0.2, 0.25) is 0 Å². The Morgan fingerprint density at radius 1 is 0.852 bits per heavy atom. The number of phenolic OH excluding ortho intramolecular Hbond substituents is 2. The lowest BCUT2D eigenvalue weighted by Crippen LogP contribution is -3.12. The van der Waals surface area contributed by atoms with Crippen molar-refractivity contribution >= 4 is 11.6 Å². The molecule has 3 unspecified atom stereocenters. The summed E-state index contributed by atoms with van der Waals surface area (Å²) in [6.45, 7) is 1.52. The first kappa shape index (κ1) is 19.6. The third kappa shape index (κ3) is 3.91. The van der Waals surface area contributed by atoms with Crippen LogP contribution < -0.4 is 17.3 Å². The van der Waals surface area contributed by atoms with Gasteiger partial charge in [-0.15, -0.1) is 11.6 Å². The summed E-state index contributed by atoms with van der Waals surface area (Å²) in [4.78, 5) is 1.27. The van der Waals surface area contributed by atoms with Crippen LogP contribution in [-0.2, 0) is 6.54 Å². The normalized spacial score (nSPS) is 21.1. The number of quaternary nitrogens is 1. The molecule has 0 fully saturated rings. The van der Waals surface area contributed by atoms with Crippen LogP contribution in [0.3, 0.4) is 0 Å². The van der Waals surface area contributed by atoms with Crippen LogP contribution >= 0.6 is 11.6 Å². The lowest BCUT2D eigenvalue weighted by Gasteiger charge is -2.37. The Hall–Kier alpha value is -2.20. The van der Waals surface area contributed by atoms with Crippen molar-refractivity contribution in [3.8, 4) is 11.5 Å². The van der Waals surface area contributed by atoms with E-state index in [4.69, 9.17) is 11.6 Å². The van der Waals surface area contributed by atoms with E-state index in [0.717, 1.165) is 23.2 Å². The van der Waals surface area contributed by atoms with Crippen molar-refractivity contribution in [2.45, 2.75) is 18.0 Å². The molecular weight excluding hydrogens is 381 g/mol. The van der Waals surface area contributed by atoms with Crippen LogP contribution in [0.2, 0.25) is 0 Å². The van der Waals surface area contributed by atoms with Crippen LogP contribution in [0.5, 0.6) is 11.5 Å². The van der Waals surface area contributed by atoms with Crippen molar-refractivity contribution in [3.05, 3.63) is 95.1 Å². The molecule has 0 spiro atoms. The van der Waals surface area contributed by atoms with E-state index in [-0.39, 0.29) is 35.3 Å². The summed E-state index contributed by atoms with van der Waals surface area (Å²) in [5.41, 5.74) is 4.11. The molecule has 1 aliphatic heterocycles. The standard InChI is InChI=1S/C22H20ClNO2.ClH/c23-20-14-24(13-15-6-2-1-3-7-15)22(18-8-4-5-9-21(18)26)17-11-10-16(25)12-19(17)20;/h1-12,20,22,25-26H,13-14H2;1H. The summed E-state index contributed by atoms with van der Waals surface area (Å²) < 4.78 is 0. The Morgan fingerprint density at radius 2 is 1.56 bits per heavy atom. The zero-order valence-corrected chi connectivity index (χ0v) is 16.2. The van der Waals surface area contributed by atoms with Gasteiger partial charge in [-0.3, -0.25) is 0 Å². The molecule has 0 aliphatic carbocycles. The van der Waals surface area contributed by atoms with E-state index < -0.39 is 0 Å². The molecule has 0 aromatic heterocycles. The van der Waals surface area contributed by atoms with Gasteiger partial charge in [0.25, 0.3) is 0 Å². The van der Waals surface area contributed by atoms with E-state index in [1.54, 1.807) is 18.2 Å². The fraction of sp³-hybridized carbons (Fsp3) is 0.182. The maximum atomic E-state index is 10.5. The molecule has 3 nitrogen and oxygen atoms in total. The van der Waals surface area contributed by atoms with E-state index >= 15 is 0 Å². The lowest BCUT2D eigenvalue weighted by atomic mass is 9.87. The third-order valence-corrected chi connectivity index (χ3v) is 5.48. The predicted molar refractivity (Wildman–Crippen MR) is 103 cm³/mol. The smallest absolute Gasteiger partial charge is 0.143 e. The number of fused-ring (bicyclic) bond motifs is 1. The summed E-state index contributed by atoms with van der Waals surface area (Å²) >= 11 is 6.68. The predicted octanol–water partition coefficient (Wildman–Crippen LogP) is 0.570. The van der Waals surface area contributed by atoms with Crippen LogP contribution in [0.15, 0.2) is 72.8 Å². The van der Waals surface area contributed by atoms with Gasteiger partial charge in [-0.05, 0) is 35.9 Å².